The van der Waals surface area contributed by atoms with Crippen molar-refractivity contribution in [3.05, 3.63) is 51.1 Å². The molecule has 0 saturated carbocycles. The van der Waals surface area contributed by atoms with Crippen LogP contribution in [0.3, 0.4) is 0 Å². The van der Waals surface area contributed by atoms with Gasteiger partial charge in [-0.15, -0.1) is 0 Å². The molecule has 0 radical (unpaired) electrons. The van der Waals surface area contributed by atoms with E-state index in [9.17, 15) is 19.7 Å². The first-order valence-electron chi connectivity index (χ1n) is 6.52. The second-order valence-corrected chi connectivity index (χ2v) is 5.39. The lowest BCUT2D eigenvalue weighted by Gasteiger charge is -2.32. The van der Waals surface area contributed by atoms with E-state index < -0.39 is 10.8 Å². The number of benzene rings is 1. The van der Waals surface area contributed by atoms with Crippen LogP contribution in [0.5, 0.6) is 0 Å². The molecule has 5 nitrogen and oxygen atoms in total. The molecule has 0 saturated heterocycles. The SMILES string of the molecule is CC1=CCC2C(=O)c3cccc([N+](=O)[O-])c3C(=O)C2C1. The second kappa shape index (κ2) is 4.37. The maximum Gasteiger partial charge on any atom is 0.280 e. The molecule has 20 heavy (non-hydrogen) atoms. The van der Waals surface area contributed by atoms with Gasteiger partial charge in [0.25, 0.3) is 5.69 Å². The molecule has 0 aliphatic heterocycles. The predicted molar refractivity (Wildman–Crippen MR) is 71.7 cm³/mol. The van der Waals surface area contributed by atoms with Crippen LogP contribution in [0.15, 0.2) is 29.8 Å². The zero-order valence-electron chi connectivity index (χ0n) is 11.0. The summed E-state index contributed by atoms with van der Waals surface area (Å²) >= 11 is 0. The molecule has 0 heterocycles. The number of hydrogen-bond donors (Lipinski definition) is 0. The van der Waals surface area contributed by atoms with Crippen LogP contribution in [0.25, 0.3) is 0 Å². The number of nitrogens with zero attached hydrogens (tertiary/aromatic N) is 1. The summed E-state index contributed by atoms with van der Waals surface area (Å²) in [6.45, 7) is 1.92. The third kappa shape index (κ3) is 1.70. The van der Waals surface area contributed by atoms with Crippen LogP contribution in [0.1, 0.15) is 40.5 Å². The van der Waals surface area contributed by atoms with Gasteiger partial charge in [-0.2, -0.15) is 0 Å². The number of Topliss-reactive ketones (excluding diaryl/α,β-unsaturated/α-hetero) is 2. The molecule has 2 atom stereocenters. The van der Waals surface area contributed by atoms with E-state index in [1.54, 1.807) is 0 Å². The fraction of sp³-hybridized carbons (Fsp3) is 0.333. The van der Waals surface area contributed by atoms with Gasteiger partial charge in [0.2, 0.25) is 0 Å². The monoisotopic (exact) mass is 271 g/mol. The van der Waals surface area contributed by atoms with Gasteiger partial charge < -0.3 is 0 Å². The fourth-order valence-corrected chi connectivity index (χ4v) is 3.17. The van der Waals surface area contributed by atoms with Gasteiger partial charge in [-0.1, -0.05) is 23.8 Å². The molecule has 0 N–H and O–H groups in total. The molecule has 5 heteroatoms. The molecule has 2 unspecified atom stereocenters. The summed E-state index contributed by atoms with van der Waals surface area (Å²) in [5, 5.41) is 11.1. The van der Waals surface area contributed by atoms with Gasteiger partial charge >= 0.3 is 0 Å². The number of rotatable bonds is 1. The van der Waals surface area contributed by atoms with Gasteiger partial charge in [0.15, 0.2) is 11.6 Å². The van der Waals surface area contributed by atoms with Crippen molar-refractivity contribution in [2.75, 3.05) is 0 Å². The van der Waals surface area contributed by atoms with Crippen LogP contribution in [-0.4, -0.2) is 16.5 Å². The van der Waals surface area contributed by atoms with Gasteiger partial charge in [0, 0.05) is 23.5 Å². The van der Waals surface area contributed by atoms with Crippen molar-refractivity contribution in [1.82, 2.24) is 0 Å². The summed E-state index contributed by atoms with van der Waals surface area (Å²) in [7, 11) is 0. The third-order valence-electron chi connectivity index (χ3n) is 4.17. The summed E-state index contributed by atoms with van der Waals surface area (Å²) in [5.41, 5.74) is 1.01. The molecule has 2 aliphatic rings. The minimum Gasteiger partial charge on any atom is -0.294 e. The van der Waals surface area contributed by atoms with E-state index in [0.29, 0.717) is 12.8 Å². The molecule has 0 aromatic heterocycles. The molecule has 0 fully saturated rings. The minimum atomic E-state index is -0.587. The molecule has 1 aromatic carbocycles. The quantitative estimate of drug-likeness (QED) is 0.447. The number of hydrogen-bond acceptors (Lipinski definition) is 4. The molecule has 102 valence electrons. The van der Waals surface area contributed by atoms with Gasteiger partial charge in [0.1, 0.15) is 5.56 Å². The Kier molecular flexibility index (Phi) is 2.78. The van der Waals surface area contributed by atoms with E-state index in [-0.39, 0.29) is 34.3 Å². The maximum absolute atomic E-state index is 12.6. The average molecular weight is 271 g/mol. The summed E-state index contributed by atoms with van der Waals surface area (Å²) < 4.78 is 0. The van der Waals surface area contributed by atoms with Crippen molar-refractivity contribution >= 4 is 17.3 Å². The van der Waals surface area contributed by atoms with Crippen molar-refractivity contribution in [3.63, 3.8) is 0 Å². The molecule has 3 rings (SSSR count). The number of carbonyl (C=O) groups excluding carboxylic acids is 2. The first kappa shape index (κ1) is 12.7. The topological polar surface area (TPSA) is 77.3 Å². The highest BCUT2D eigenvalue weighted by atomic mass is 16.6. The summed E-state index contributed by atoms with van der Waals surface area (Å²) in [6.07, 6.45) is 3.04. The summed E-state index contributed by atoms with van der Waals surface area (Å²) in [5.74, 6) is -1.21. The average Bonchev–Trinajstić information content (AvgIpc) is 2.43. The van der Waals surface area contributed by atoms with Crippen LogP contribution < -0.4 is 0 Å². The Bertz CT molecular complexity index is 674. The second-order valence-electron chi connectivity index (χ2n) is 5.39. The lowest BCUT2D eigenvalue weighted by molar-refractivity contribution is -0.385. The van der Waals surface area contributed by atoms with E-state index in [2.05, 4.69) is 0 Å². The Morgan fingerprint density at radius 1 is 1.20 bits per heavy atom. The van der Waals surface area contributed by atoms with Crippen LogP contribution in [0, 0.1) is 22.0 Å². The fourth-order valence-electron chi connectivity index (χ4n) is 3.17. The summed E-state index contributed by atoms with van der Waals surface area (Å²) in [4.78, 5) is 35.6. The third-order valence-corrected chi connectivity index (χ3v) is 4.17. The minimum absolute atomic E-state index is 0.00144. The van der Waals surface area contributed by atoms with Gasteiger partial charge in [0.05, 0.1) is 4.92 Å². The number of carbonyl (C=O) groups is 2. The normalized spacial score (nSPS) is 24.8. The molecular formula is C15H13NO4. The highest BCUT2D eigenvalue weighted by Gasteiger charge is 2.45. The standard InChI is InChI=1S/C15H13NO4/c1-8-5-6-9-11(7-8)15(18)13-10(14(9)17)3-2-4-12(13)16(19)20/h2-5,9,11H,6-7H2,1H3. The lowest BCUT2D eigenvalue weighted by Crippen LogP contribution is -2.38. The van der Waals surface area contributed by atoms with E-state index in [0.717, 1.165) is 5.57 Å². The van der Waals surface area contributed by atoms with Crippen LogP contribution in [-0.2, 0) is 0 Å². The van der Waals surface area contributed by atoms with E-state index in [4.69, 9.17) is 0 Å². The summed E-state index contributed by atoms with van der Waals surface area (Å²) in [6, 6.07) is 4.27. The number of nitro benzene ring substituents is 1. The number of allylic oxidation sites excluding steroid dienone is 2. The number of nitro groups is 1. The Morgan fingerprint density at radius 2 is 1.95 bits per heavy atom. The predicted octanol–water partition coefficient (Wildman–Crippen LogP) is 2.95. The number of ketones is 2. The highest BCUT2D eigenvalue weighted by molar-refractivity contribution is 6.18. The zero-order valence-corrected chi connectivity index (χ0v) is 11.0. The van der Waals surface area contributed by atoms with Crippen LogP contribution in [0.2, 0.25) is 0 Å². The van der Waals surface area contributed by atoms with Gasteiger partial charge in [-0.05, 0) is 19.8 Å². The van der Waals surface area contributed by atoms with Crippen molar-refractivity contribution in [3.8, 4) is 0 Å². The van der Waals surface area contributed by atoms with Crippen molar-refractivity contribution in [2.24, 2.45) is 11.8 Å². The first-order chi connectivity index (χ1) is 9.50. The Morgan fingerprint density at radius 3 is 2.65 bits per heavy atom. The van der Waals surface area contributed by atoms with Crippen molar-refractivity contribution < 1.29 is 14.5 Å². The number of fused-ring (bicyclic) bond motifs is 2. The van der Waals surface area contributed by atoms with Gasteiger partial charge in [-0.3, -0.25) is 19.7 Å². The molecule has 0 bridgehead atoms. The Labute approximate surface area is 115 Å². The molecular weight excluding hydrogens is 258 g/mol. The molecule has 1 aromatic rings. The molecule has 0 spiro atoms. The van der Waals surface area contributed by atoms with Gasteiger partial charge in [-0.25, -0.2) is 0 Å². The van der Waals surface area contributed by atoms with Crippen molar-refractivity contribution in [2.45, 2.75) is 19.8 Å². The van der Waals surface area contributed by atoms with Crippen molar-refractivity contribution in [1.29, 1.82) is 0 Å². The van der Waals surface area contributed by atoms with E-state index in [1.165, 1.54) is 18.2 Å². The largest absolute Gasteiger partial charge is 0.294 e. The Hall–Kier alpha value is -2.30. The maximum atomic E-state index is 12.6. The first-order valence-corrected chi connectivity index (χ1v) is 6.52. The smallest absolute Gasteiger partial charge is 0.280 e. The van der Waals surface area contributed by atoms with E-state index >= 15 is 0 Å². The zero-order chi connectivity index (χ0) is 14.4. The van der Waals surface area contributed by atoms with Crippen LogP contribution in [0.4, 0.5) is 5.69 Å². The Balaban J connectivity index is 2.19. The van der Waals surface area contributed by atoms with E-state index in [1.807, 2.05) is 13.0 Å². The van der Waals surface area contributed by atoms with Crippen LogP contribution >= 0.6 is 0 Å². The highest BCUT2D eigenvalue weighted by Crippen LogP contribution is 2.41. The molecule has 2 aliphatic carbocycles. The lowest BCUT2D eigenvalue weighted by atomic mass is 9.67. The molecule has 0 amide bonds.